The highest BCUT2D eigenvalue weighted by Gasteiger charge is 2.34. The van der Waals surface area contributed by atoms with Crippen LogP contribution in [-0.2, 0) is 10.0 Å². The summed E-state index contributed by atoms with van der Waals surface area (Å²) in [5.41, 5.74) is 0.288. The zero-order chi connectivity index (χ0) is 15.8. The lowest BCUT2D eigenvalue weighted by Crippen LogP contribution is -2.56. The molecule has 21 heavy (non-hydrogen) atoms. The van der Waals surface area contributed by atoms with E-state index in [0.29, 0.717) is 18.7 Å². The third kappa shape index (κ3) is 3.07. The highest BCUT2D eigenvalue weighted by atomic mass is 32.2. The summed E-state index contributed by atoms with van der Waals surface area (Å²) < 4.78 is 27.0. The molecular formula is C13H19N3O4S. The van der Waals surface area contributed by atoms with Crippen LogP contribution in [-0.4, -0.2) is 42.8 Å². The number of benzene rings is 1. The number of nitro benzene ring substituents is 1. The number of hydrogen-bond donors (Lipinski definition) is 1. The molecule has 1 aliphatic heterocycles. The van der Waals surface area contributed by atoms with Crippen LogP contribution in [0.2, 0.25) is 0 Å². The summed E-state index contributed by atoms with van der Waals surface area (Å²) in [6.07, 6.45) is 0. The molecule has 0 radical (unpaired) electrons. The minimum atomic E-state index is -3.65. The van der Waals surface area contributed by atoms with Gasteiger partial charge in [-0.25, -0.2) is 8.42 Å². The van der Waals surface area contributed by atoms with E-state index < -0.39 is 14.9 Å². The Balaban J connectivity index is 2.41. The lowest BCUT2D eigenvalue weighted by atomic mass is 10.2. The molecule has 1 heterocycles. The van der Waals surface area contributed by atoms with Gasteiger partial charge in [0.1, 0.15) is 0 Å². The second-order valence-corrected chi connectivity index (χ2v) is 7.30. The lowest BCUT2D eigenvalue weighted by Gasteiger charge is -2.36. The Morgan fingerprint density at radius 2 is 2.05 bits per heavy atom. The van der Waals surface area contributed by atoms with Gasteiger partial charge in [-0.3, -0.25) is 10.1 Å². The fourth-order valence-electron chi connectivity index (χ4n) is 2.49. The van der Waals surface area contributed by atoms with Crippen molar-refractivity contribution in [3.8, 4) is 0 Å². The van der Waals surface area contributed by atoms with Crippen LogP contribution in [0.15, 0.2) is 23.1 Å². The molecule has 1 aromatic carbocycles. The van der Waals surface area contributed by atoms with Gasteiger partial charge in [-0.15, -0.1) is 0 Å². The van der Waals surface area contributed by atoms with Crippen molar-refractivity contribution in [1.82, 2.24) is 9.62 Å². The van der Waals surface area contributed by atoms with Crippen molar-refractivity contribution in [2.45, 2.75) is 37.8 Å². The van der Waals surface area contributed by atoms with E-state index in [1.165, 1.54) is 22.5 Å². The van der Waals surface area contributed by atoms with Gasteiger partial charge in [-0.1, -0.05) is 0 Å². The fraction of sp³-hybridized carbons (Fsp3) is 0.538. The number of nitrogens with zero attached hydrogens (tertiary/aromatic N) is 2. The van der Waals surface area contributed by atoms with Crippen molar-refractivity contribution in [3.05, 3.63) is 33.9 Å². The molecule has 2 unspecified atom stereocenters. The average Bonchev–Trinajstić information content (AvgIpc) is 2.40. The van der Waals surface area contributed by atoms with Crippen molar-refractivity contribution in [2.75, 3.05) is 13.1 Å². The van der Waals surface area contributed by atoms with Crippen molar-refractivity contribution in [1.29, 1.82) is 0 Å². The monoisotopic (exact) mass is 313 g/mol. The number of aryl methyl sites for hydroxylation is 1. The summed E-state index contributed by atoms with van der Waals surface area (Å²) >= 11 is 0. The zero-order valence-corrected chi connectivity index (χ0v) is 13.1. The molecule has 1 saturated heterocycles. The molecule has 2 atom stereocenters. The number of non-ortho nitro benzene ring substituents is 1. The van der Waals surface area contributed by atoms with E-state index in [0.717, 1.165) is 0 Å². The molecule has 8 heteroatoms. The smallest absolute Gasteiger partial charge is 0.269 e. The van der Waals surface area contributed by atoms with E-state index in [1.54, 1.807) is 6.92 Å². The maximum absolute atomic E-state index is 12.8. The number of rotatable bonds is 3. The molecule has 0 saturated carbocycles. The van der Waals surface area contributed by atoms with Crippen LogP contribution in [0.25, 0.3) is 0 Å². The molecule has 0 bridgehead atoms. The minimum absolute atomic E-state index is 0.0781. The molecule has 1 N–H and O–H groups in total. The van der Waals surface area contributed by atoms with Crippen LogP contribution in [0, 0.1) is 17.0 Å². The van der Waals surface area contributed by atoms with Crippen molar-refractivity contribution in [3.63, 3.8) is 0 Å². The van der Waals surface area contributed by atoms with Gasteiger partial charge in [0.25, 0.3) is 5.69 Å². The van der Waals surface area contributed by atoms with Gasteiger partial charge in [0, 0.05) is 37.3 Å². The van der Waals surface area contributed by atoms with Gasteiger partial charge in [-0.05, 0) is 32.4 Å². The Labute approximate surface area is 124 Å². The Morgan fingerprint density at radius 3 is 2.62 bits per heavy atom. The summed E-state index contributed by atoms with van der Waals surface area (Å²) in [6.45, 7) is 6.33. The van der Waals surface area contributed by atoms with Gasteiger partial charge in [0.15, 0.2) is 0 Å². The number of piperazine rings is 1. The first-order chi connectivity index (χ1) is 9.73. The summed E-state index contributed by atoms with van der Waals surface area (Å²) in [5.74, 6) is 0. The van der Waals surface area contributed by atoms with E-state index in [-0.39, 0.29) is 22.7 Å². The van der Waals surface area contributed by atoms with Crippen molar-refractivity contribution in [2.24, 2.45) is 0 Å². The van der Waals surface area contributed by atoms with E-state index >= 15 is 0 Å². The molecule has 1 fully saturated rings. The Hall–Kier alpha value is -1.51. The molecule has 116 valence electrons. The van der Waals surface area contributed by atoms with Crippen LogP contribution in [0.1, 0.15) is 19.4 Å². The minimum Gasteiger partial charge on any atom is -0.311 e. The number of nitro groups is 1. The Kier molecular flexibility index (Phi) is 4.31. The van der Waals surface area contributed by atoms with E-state index in [4.69, 9.17) is 0 Å². The predicted molar refractivity (Wildman–Crippen MR) is 78.7 cm³/mol. The summed E-state index contributed by atoms with van der Waals surface area (Å²) in [6, 6.07) is 3.77. The molecule has 0 aromatic heterocycles. The molecule has 1 aromatic rings. The third-order valence-corrected chi connectivity index (χ3v) is 5.80. The SMILES string of the molecule is Cc1cc([N+](=O)[O-])ccc1S(=O)(=O)N1CC(C)NCC1C. The standard InChI is InChI=1S/C13H19N3O4S/c1-9-6-12(16(17)18)4-5-13(9)21(19,20)15-8-10(2)14-7-11(15)3/h4-6,10-11,14H,7-8H2,1-3H3. The molecule has 7 nitrogen and oxygen atoms in total. The highest BCUT2D eigenvalue weighted by Crippen LogP contribution is 2.26. The third-order valence-electron chi connectivity index (χ3n) is 3.66. The second kappa shape index (κ2) is 5.70. The van der Waals surface area contributed by atoms with Crippen LogP contribution >= 0.6 is 0 Å². The number of hydrogen-bond acceptors (Lipinski definition) is 5. The largest absolute Gasteiger partial charge is 0.311 e. The fourth-order valence-corrected chi connectivity index (χ4v) is 4.41. The molecule has 0 aliphatic carbocycles. The summed E-state index contributed by atoms with van der Waals surface area (Å²) in [5, 5.41) is 14.0. The van der Waals surface area contributed by atoms with Gasteiger partial charge >= 0.3 is 0 Å². The van der Waals surface area contributed by atoms with Crippen LogP contribution < -0.4 is 5.32 Å². The van der Waals surface area contributed by atoms with Crippen molar-refractivity contribution >= 4 is 15.7 Å². The maximum Gasteiger partial charge on any atom is 0.269 e. The lowest BCUT2D eigenvalue weighted by molar-refractivity contribution is -0.385. The van der Waals surface area contributed by atoms with Crippen LogP contribution in [0.4, 0.5) is 5.69 Å². The van der Waals surface area contributed by atoms with E-state index in [1.807, 2.05) is 13.8 Å². The Morgan fingerprint density at radius 1 is 1.38 bits per heavy atom. The van der Waals surface area contributed by atoms with Gasteiger partial charge in [0.05, 0.1) is 9.82 Å². The topological polar surface area (TPSA) is 92.5 Å². The first-order valence-electron chi connectivity index (χ1n) is 6.73. The van der Waals surface area contributed by atoms with E-state index in [9.17, 15) is 18.5 Å². The summed E-state index contributed by atoms with van der Waals surface area (Å²) in [7, 11) is -3.65. The maximum atomic E-state index is 12.8. The van der Waals surface area contributed by atoms with Crippen molar-refractivity contribution < 1.29 is 13.3 Å². The molecule has 2 rings (SSSR count). The van der Waals surface area contributed by atoms with Gasteiger partial charge in [-0.2, -0.15) is 4.31 Å². The number of nitrogens with one attached hydrogen (secondary N) is 1. The normalized spacial score (nSPS) is 24.0. The second-order valence-electron chi connectivity index (χ2n) is 5.44. The molecule has 0 spiro atoms. The molecule has 0 amide bonds. The first kappa shape index (κ1) is 15.9. The van der Waals surface area contributed by atoms with Gasteiger partial charge in [0.2, 0.25) is 10.0 Å². The predicted octanol–water partition coefficient (Wildman–Crippen LogP) is 1.27. The van der Waals surface area contributed by atoms with Gasteiger partial charge < -0.3 is 5.32 Å². The number of sulfonamides is 1. The molecule has 1 aliphatic rings. The quantitative estimate of drug-likeness (QED) is 0.670. The first-order valence-corrected chi connectivity index (χ1v) is 8.17. The summed E-state index contributed by atoms with van der Waals surface area (Å²) in [4.78, 5) is 10.4. The van der Waals surface area contributed by atoms with Crippen LogP contribution in [0.3, 0.4) is 0 Å². The Bertz CT molecular complexity index is 659. The van der Waals surface area contributed by atoms with E-state index in [2.05, 4.69) is 5.32 Å². The van der Waals surface area contributed by atoms with Crippen LogP contribution in [0.5, 0.6) is 0 Å². The molecular weight excluding hydrogens is 294 g/mol. The highest BCUT2D eigenvalue weighted by molar-refractivity contribution is 7.89. The average molecular weight is 313 g/mol. The zero-order valence-electron chi connectivity index (χ0n) is 12.2.